The first kappa shape index (κ1) is 24.4. The lowest BCUT2D eigenvalue weighted by atomic mass is 9.85. The van der Waals surface area contributed by atoms with Crippen molar-refractivity contribution in [1.82, 2.24) is 14.5 Å². The standard InChI is InChI=1S/C23H28N4O5S/c1-5-13-23(17-9-7-6-8-10-17)21(29)27(22(30)25-23)15-20(28)24-19-14-18(12-11-16(19)2)33(31,32)26(3)4/h6-12,14H,5,13,15H2,1-4H3,(H,24,28)(H,25,30)/t23-/m0/s1. The molecule has 2 aromatic rings. The minimum Gasteiger partial charge on any atom is -0.324 e. The van der Waals surface area contributed by atoms with E-state index in [1.54, 1.807) is 37.3 Å². The molecule has 0 aromatic heterocycles. The van der Waals surface area contributed by atoms with Gasteiger partial charge in [-0.15, -0.1) is 0 Å². The molecule has 2 N–H and O–H groups in total. The van der Waals surface area contributed by atoms with Crippen LogP contribution in [0.15, 0.2) is 53.4 Å². The van der Waals surface area contributed by atoms with Crippen LogP contribution in [-0.2, 0) is 25.2 Å². The predicted octanol–water partition coefficient (Wildman–Crippen LogP) is 2.43. The zero-order chi connectivity index (χ0) is 24.4. The van der Waals surface area contributed by atoms with Crippen LogP contribution < -0.4 is 10.6 Å². The summed E-state index contributed by atoms with van der Waals surface area (Å²) in [6.45, 7) is 3.14. The Morgan fingerprint density at radius 3 is 2.39 bits per heavy atom. The zero-order valence-electron chi connectivity index (χ0n) is 19.1. The van der Waals surface area contributed by atoms with Crippen molar-refractivity contribution >= 4 is 33.6 Å². The summed E-state index contributed by atoms with van der Waals surface area (Å²) >= 11 is 0. The van der Waals surface area contributed by atoms with Crippen LogP contribution in [0.3, 0.4) is 0 Å². The van der Waals surface area contributed by atoms with Gasteiger partial charge in [-0.2, -0.15) is 0 Å². The Labute approximate surface area is 193 Å². The Morgan fingerprint density at radius 1 is 1.12 bits per heavy atom. The lowest BCUT2D eigenvalue weighted by Gasteiger charge is -2.26. The van der Waals surface area contributed by atoms with E-state index in [2.05, 4.69) is 10.6 Å². The molecule has 0 bridgehead atoms. The Hall–Kier alpha value is -3.24. The number of anilines is 1. The van der Waals surface area contributed by atoms with Crippen LogP contribution in [0.1, 0.15) is 30.9 Å². The fraction of sp³-hybridized carbons (Fsp3) is 0.348. The summed E-state index contributed by atoms with van der Waals surface area (Å²) in [7, 11) is -0.857. The molecule has 1 fully saturated rings. The van der Waals surface area contributed by atoms with Crippen molar-refractivity contribution in [2.75, 3.05) is 26.0 Å². The van der Waals surface area contributed by atoms with E-state index in [1.165, 1.54) is 26.2 Å². The third-order valence-electron chi connectivity index (χ3n) is 5.63. The van der Waals surface area contributed by atoms with Crippen molar-refractivity contribution in [1.29, 1.82) is 0 Å². The van der Waals surface area contributed by atoms with Crippen LogP contribution in [0, 0.1) is 6.92 Å². The molecule has 1 atom stereocenters. The lowest BCUT2D eigenvalue weighted by Crippen LogP contribution is -2.44. The van der Waals surface area contributed by atoms with Gasteiger partial charge in [0.2, 0.25) is 15.9 Å². The Kier molecular flexibility index (Phi) is 6.89. The maximum Gasteiger partial charge on any atom is 0.325 e. The fourth-order valence-corrected chi connectivity index (χ4v) is 4.75. The molecular weight excluding hydrogens is 444 g/mol. The molecular formula is C23H28N4O5S. The van der Waals surface area contributed by atoms with Gasteiger partial charge < -0.3 is 10.6 Å². The molecule has 9 nitrogen and oxygen atoms in total. The van der Waals surface area contributed by atoms with Gasteiger partial charge in [0.15, 0.2) is 0 Å². The molecule has 0 saturated carbocycles. The number of benzene rings is 2. The molecule has 33 heavy (non-hydrogen) atoms. The first-order valence-electron chi connectivity index (χ1n) is 10.6. The third kappa shape index (κ3) is 4.62. The largest absolute Gasteiger partial charge is 0.325 e. The highest BCUT2D eigenvalue weighted by molar-refractivity contribution is 7.89. The summed E-state index contributed by atoms with van der Waals surface area (Å²) in [5, 5.41) is 5.41. The number of amides is 4. The number of hydrogen-bond donors (Lipinski definition) is 2. The fourth-order valence-electron chi connectivity index (χ4n) is 3.82. The number of carbonyl (C=O) groups excluding carboxylic acids is 3. The van der Waals surface area contributed by atoms with Crippen molar-refractivity contribution in [3.63, 3.8) is 0 Å². The smallest absolute Gasteiger partial charge is 0.324 e. The van der Waals surface area contributed by atoms with Crippen molar-refractivity contribution < 1.29 is 22.8 Å². The maximum atomic E-state index is 13.3. The van der Waals surface area contributed by atoms with Crippen molar-refractivity contribution in [2.45, 2.75) is 37.1 Å². The summed E-state index contributed by atoms with van der Waals surface area (Å²) in [4.78, 5) is 39.7. The lowest BCUT2D eigenvalue weighted by molar-refractivity contribution is -0.134. The maximum absolute atomic E-state index is 13.3. The zero-order valence-corrected chi connectivity index (χ0v) is 19.9. The highest BCUT2D eigenvalue weighted by atomic mass is 32.2. The molecule has 0 radical (unpaired) electrons. The molecule has 10 heteroatoms. The minimum absolute atomic E-state index is 0.0226. The van der Waals surface area contributed by atoms with E-state index in [-0.39, 0.29) is 10.6 Å². The van der Waals surface area contributed by atoms with Crippen molar-refractivity contribution in [2.24, 2.45) is 0 Å². The minimum atomic E-state index is -3.69. The van der Waals surface area contributed by atoms with Gasteiger partial charge in [0.1, 0.15) is 12.1 Å². The number of carbonyl (C=O) groups is 3. The van der Waals surface area contributed by atoms with Crippen molar-refractivity contribution in [3.05, 3.63) is 59.7 Å². The summed E-state index contributed by atoms with van der Waals surface area (Å²) in [5.41, 5.74) is 0.370. The van der Waals surface area contributed by atoms with Crippen LogP contribution in [0.5, 0.6) is 0 Å². The van der Waals surface area contributed by atoms with Gasteiger partial charge in [0.05, 0.1) is 4.90 Å². The molecule has 1 saturated heterocycles. The molecule has 2 aromatic carbocycles. The van der Waals surface area contributed by atoms with Crippen LogP contribution in [-0.4, -0.2) is 56.1 Å². The molecule has 176 valence electrons. The van der Waals surface area contributed by atoms with E-state index in [0.29, 0.717) is 24.0 Å². The van der Waals surface area contributed by atoms with Gasteiger partial charge in [-0.3, -0.25) is 14.5 Å². The van der Waals surface area contributed by atoms with Crippen LogP contribution >= 0.6 is 0 Å². The normalized spacial score (nSPS) is 18.5. The van der Waals surface area contributed by atoms with E-state index in [4.69, 9.17) is 0 Å². The first-order valence-corrected chi connectivity index (χ1v) is 12.0. The topological polar surface area (TPSA) is 116 Å². The molecule has 1 aliphatic rings. The number of sulfonamides is 1. The first-order chi connectivity index (χ1) is 15.5. The molecule has 0 unspecified atom stereocenters. The number of hydrogen-bond acceptors (Lipinski definition) is 5. The number of rotatable bonds is 8. The number of nitrogens with one attached hydrogen (secondary N) is 2. The van der Waals surface area contributed by atoms with E-state index in [1.807, 2.05) is 13.0 Å². The summed E-state index contributed by atoms with van der Waals surface area (Å²) < 4.78 is 25.9. The van der Waals surface area contributed by atoms with E-state index in [0.717, 1.165) is 9.21 Å². The summed E-state index contributed by atoms with van der Waals surface area (Å²) in [6.07, 6.45) is 1.04. The summed E-state index contributed by atoms with van der Waals surface area (Å²) in [5.74, 6) is -1.10. The molecule has 0 spiro atoms. The highest BCUT2D eigenvalue weighted by Crippen LogP contribution is 2.33. The second kappa shape index (κ2) is 9.32. The van der Waals surface area contributed by atoms with Gasteiger partial charge >= 0.3 is 6.03 Å². The SMILES string of the molecule is CCC[C@@]1(c2ccccc2)NC(=O)N(CC(=O)Nc2cc(S(=O)(=O)N(C)C)ccc2C)C1=O. The Morgan fingerprint density at radius 2 is 1.79 bits per heavy atom. The van der Waals surface area contributed by atoms with Crippen LogP contribution in [0.4, 0.5) is 10.5 Å². The monoisotopic (exact) mass is 472 g/mol. The number of urea groups is 1. The van der Waals surface area contributed by atoms with E-state index in [9.17, 15) is 22.8 Å². The van der Waals surface area contributed by atoms with Gasteiger partial charge in [-0.25, -0.2) is 17.5 Å². The van der Waals surface area contributed by atoms with Crippen LogP contribution in [0.2, 0.25) is 0 Å². The predicted molar refractivity (Wildman–Crippen MR) is 124 cm³/mol. The second-order valence-corrected chi connectivity index (χ2v) is 10.3. The highest BCUT2D eigenvalue weighted by Gasteiger charge is 2.52. The van der Waals surface area contributed by atoms with Gasteiger partial charge in [-0.05, 0) is 36.6 Å². The second-order valence-electron chi connectivity index (χ2n) is 8.16. The molecule has 1 aliphatic heterocycles. The van der Waals surface area contributed by atoms with E-state index < -0.39 is 40.0 Å². The van der Waals surface area contributed by atoms with Crippen LogP contribution in [0.25, 0.3) is 0 Å². The average molecular weight is 473 g/mol. The van der Waals surface area contributed by atoms with Gasteiger partial charge in [-0.1, -0.05) is 49.7 Å². The Balaban J connectivity index is 1.83. The molecule has 0 aliphatic carbocycles. The van der Waals surface area contributed by atoms with Gasteiger partial charge in [0.25, 0.3) is 5.91 Å². The average Bonchev–Trinajstić information content (AvgIpc) is 3.01. The molecule has 4 amide bonds. The molecule has 1 heterocycles. The summed E-state index contributed by atoms with van der Waals surface area (Å²) in [6, 6.07) is 12.7. The van der Waals surface area contributed by atoms with Gasteiger partial charge in [0, 0.05) is 19.8 Å². The Bertz CT molecular complexity index is 1180. The number of nitrogens with zero attached hydrogens (tertiary/aromatic N) is 2. The number of imide groups is 1. The van der Waals surface area contributed by atoms with E-state index >= 15 is 0 Å². The van der Waals surface area contributed by atoms with Crippen molar-refractivity contribution in [3.8, 4) is 0 Å². The third-order valence-corrected chi connectivity index (χ3v) is 7.44. The molecule has 3 rings (SSSR count). The number of aryl methyl sites for hydroxylation is 1. The quantitative estimate of drug-likeness (QED) is 0.573.